The molecule has 2 aliphatic heterocycles. The maximum absolute atomic E-state index is 9.12. The van der Waals surface area contributed by atoms with E-state index in [0.29, 0.717) is 0 Å². The van der Waals surface area contributed by atoms with Crippen LogP contribution in [0.15, 0.2) is 0 Å². The van der Waals surface area contributed by atoms with E-state index in [4.69, 9.17) is 5.11 Å². The summed E-state index contributed by atoms with van der Waals surface area (Å²) in [5.41, 5.74) is 0.263. The Morgan fingerprint density at radius 1 is 1.64 bits per heavy atom. The van der Waals surface area contributed by atoms with Gasteiger partial charge in [-0.3, -0.25) is 5.32 Å². The third kappa shape index (κ3) is 1.54. The van der Waals surface area contributed by atoms with Crippen molar-refractivity contribution in [1.29, 1.82) is 0 Å². The van der Waals surface area contributed by atoms with Gasteiger partial charge in [-0.25, -0.2) is 3.11 Å². The predicted molar refractivity (Wildman–Crippen MR) is 51.3 cm³/mol. The Balaban J connectivity index is 1.93. The summed E-state index contributed by atoms with van der Waals surface area (Å²) in [5, 5.41) is 12.3. The average Bonchev–Trinajstić information content (AvgIpc) is 1.84. The Hall–Kier alpha value is 0.610. The number of hydrogen-bond acceptors (Lipinski definition) is 3. The summed E-state index contributed by atoms with van der Waals surface area (Å²) in [4.78, 5) is 0. The Morgan fingerprint density at radius 3 is 2.91 bits per heavy atom. The third-order valence-corrected chi connectivity index (χ3v) is 3.41. The number of rotatable bonds is 0. The van der Waals surface area contributed by atoms with Gasteiger partial charge in [-0.05, 0) is 12.8 Å². The van der Waals surface area contributed by atoms with Gasteiger partial charge in [0.15, 0.2) is 0 Å². The largest absolute Gasteiger partial charge is 0.379 e. The molecule has 64 valence electrons. The zero-order chi connectivity index (χ0) is 7.90. The molecule has 0 aromatic rings. The van der Waals surface area contributed by atoms with E-state index in [1.807, 2.05) is 0 Å². The molecule has 2 atom stereocenters. The predicted octanol–water partition coefficient (Wildman–Crippen LogP) is 0.483. The molecule has 2 N–H and O–H groups in total. The van der Waals surface area contributed by atoms with Crippen molar-refractivity contribution in [2.75, 3.05) is 13.1 Å². The molecule has 0 aromatic carbocycles. The first-order valence-electron chi connectivity index (χ1n) is 4.07. The Labute approximate surface area is 80.6 Å². The first kappa shape index (κ1) is 8.22. The third-order valence-electron chi connectivity index (χ3n) is 2.59. The molecule has 0 aromatic heterocycles. The number of aliphatic hydroxyl groups excluding tert-OH is 1. The minimum Gasteiger partial charge on any atom is -0.379 e. The Bertz CT molecular complexity index is 153. The fraction of sp³-hybridized carbons (Fsp3) is 1.00. The van der Waals surface area contributed by atoms with Crippen molar-refractivity contribution in [2.45, 2.75) is 31.0 Å². The fourth-order valence-electron chi connectivity index (χ4n) is 2.06. The quantitative estimate of drug-likeness (QED) is 0.495. The fourth-order valence-corrected chi connectivity index (χ4v) is 3.06. The van der Waals surface area contributed by atoms with Gasteiger partial charge in [-0.2, -0.15) is 0 Å². The Morgan fingerprint density at radius 2 is 2.36 bits per heavy atom. The van der Waals surface area contributed by atoms with E-state index in [-0.39, 0.29) is 11.8 Å². The van der Waals surface area contributed by atoms with E-state index in [2.05, 4.69) is 31.3 Å². The first-order valence-corrected chi connectivity index (χ1v) is 5.03. The second-order valence-corrected chi connectivity index (χ2v) is 4.96. The second-order valence-electron chi connectivity index (χ2n) is 3.59. The van der Waals surface area contributed by atoms with Gasteiger partial charge in [0.25, 0.3) is 0 Å². The van der Waals surface area contributed by atoms with Crippen LogP contribution in [-0.2, 0) is 0 Å². The van der Waals surface area contributed by atoms with E-state index >= 15 is 0 Å². The zero-order valence-electron chi connectivity index (χ0n) is 6.39. The molecule has 2 rings (SSSR count). The number of nitrogens with zero attached hydrogens (tertiary/aromatic N) is 1. The molecule has 0 radical (unpaired) electrons. The van der Waals surface area contributed by atoms with Gasteiger partial charge in [0.1, 0.15) is 6.23 Å². The van der Waals surface area contributed by atoms with E-state index in [0.717, 1.165) is 13.0 Å². The van der Waals surface area contributed by atoms with Gasteiger partial charge in [-0.1, -0.05) is 0 Å². The maximum atomic E-state index is 9.12. The van der Waals surface area contributed by atoms with Crippen molar-refractivity contribution < 1.29 is 5.11 Å². The molecule has 0 saturated carbocycles. The van der Waals surface area contributed by atoms with Gasteiger partial charge in [0, 0.05) is 47.9 Å². The number of nitrogens with one attached hydrogen (secondary N) is 1. The van der Waals surface area contributed by atoms with Crippen LogP contribution in [0.2, 0.25) is 0 Å². The standard InChI is InChI=1S/C7H13IN2O/c8-10-3-1-2-7(5-10)4-6(11)9-7/h6,9,11H,1-5H2. The second kappa shape index (κ2) is 2.83. The van der Waals surface area contributed by atoms with Crippen LogP contribution in [0.3, 0.4) is 0 Å². The molecule has 4 heteroatoms. The topological polar surface area (TPSA) is 35.5 Å². The molecule has 0 bridgehead atoms. The number of piperidine rings is 1. The summed E-state index contributed by atoms with van der Waals surface area (Å²) in [5.74, 6) is 0. The highest BCUT2D eigenvalue weighted by atomic mass is 127. The van der Waals surface area contributed by atoms with E-state index in [1.165, 1.54) is 19.4 Å². The van der Waals surface area contributed by atoms with E-state index in [1.54, 1.807) is 0 Å². The molecular formula is C7H13IN2O. The molecule has 1 spiro atoms. The zero-order valence-corrected chi connectivity index (χ0v) is 8.54. The van der Waals surface area contributed by atoms with Crippen molar-refractivity contribution in [2.24, 2.45) is 0 Å². The SMILES string of the molecule is OC1CC2(CCCN(I)C2)N1. The highest BCUT2D eigenvalue weighted by molar-refractivity contribution is 14.1. The smallest absolute Gasteiger partial charge is 0.107 e. The minimum absolute atomic E-state index is 0.238. The van der Waals surface area contributed by atoms with Crippen molar-refractivity contribution in [1.82, 2.24) is 8.43 Å². The van der Waals surface area contributed by atoms with Crippen LogP contribution >= 0.6 is 22.9 Å². The van der Waals surface area contributed by atoms with Crippen LogP contribution in [-0.4, -0.2) is 33.1 Å². The minimum atomic E-state index is -0.238. The molecular weight excluding hydrogens is 255 g/mol. The summed E-state index contributed by atoms with van der Waals surface area (Å²) >= 11 is 2.36. The van der Waals surface area contributed by atoms with Crippen LogP contribution in [0.25, 0.3) is 0 Å². The molecule has 2 fully saturated rings. The molecule has 3 nitrogen and oxygen atoms in total. The summed E-state index contributed by atoms with van der Waals surface area (Å²) in [6, 6.07) is 0. The summed E-state index contributed by atoms with van der Waals surface area (Å²) in [7, 11) is 0. The van der Waals surface area contributed by atoms with Gasteiger partial charge in [0.2, 0.25) is 0 Å². The average molecular weight is 268 g/mol. The molecule has 0 aliphatic carbocycles. The molecule has 11 heavy (non-hydrogen) atoms. The normalized spacial score (nSPS) is 45.8. The highest BCUT2D eigenvalue weighted by Crippen LogP contribution is 2.33. The van der Waals surface area contributed by atoms with Crippen molar-refractivity contribution in [3.05, 3.63) is 0 Å². The number of halogens is 1. The number of aliphatic hydroxyl groups is 1. The molecule has 2 heterocycles. The lowest BCUT2D eigenvalue weighted by Gasteiger charge is -2.51. The number of hydrogen-bond donors (Lipinski definition) is 2. The van der Waals surface area contributed by atoms with Gasteiger partial charge in [-0.15, -0.1) is 0 Å². The van der Waals surface area contributed by atoms with Crippen LogP contribution in [0, 0.1) is 0 Å². The van der Waals surface area contributed by atoms with Crippen LogP contribution in [0.1, 0.15) is 19.3 Å². The van der Waals surface area contributed by atoms with Crippen LogP contribution in [0.4, 0.5) is 0 Å². The molecule has 2 saturated heterocycles. The maximum Gasteiger partial charge on any atom is 0.107 e. The highest BCUT2D eigenvalue weighted by Gasteiger charge is 2.44. The summed E-state index contributed by atoms with van der Waals surface area (Å²) in [6.45, 7) is 2.28. The van der Waals surface area contributed by atoms with Crippen molar-refractivity contribution in [3.63, 3.8) is 0 Å². The van der Waals surface area contributed by atoms with Gasteiger partial charge in [0.05, 0.1) is 0 Å². The first-order chi connectivity index (χ1) is 5.20. The lowest BCUT2D eigenvalue weighted by Crippen LogP contribution is -2.68. The van der Waals surface area contributed by atoms with E-state index in [9.17, 15) is 0 Å². The summed E-state index contributed by atoms with van der Waals surface area (Å²) < 4.78 is 2.31. The van der Waals surface area contributed by atoms with Crippen molar-refractivity contribution in [3.8, 4) is 0 Å². The molecule has 2 aliphatic rings. The van der Waals surface area contributed by atoms with Gasteiger partial charge < -0.3 is 5.11 Å². The van der Waals surface area contributed by atoms with Crippen LogP contribution in [0.5, 0.6) is 0 Å². The summed E-state index contributed by atoms with van der Waals surface area (Å²) in [6.07, 6.45) is 3.18. The van der Waals surface area contributed by atoms with Crippen LogP contribution < -0.4 is 5.32 Å². The van der Waals surface area contributed by atoms with Crippen molar-refractivity contribution >= 4 is 22.9 Å². The van der Waals surface area contributed by atoms with E-state index < -0.39 is 0 Å². The lowest BCUT2D eigenvalue weighted by molar-refractivity contribution is -0.0430. The lowest BCUT2D eigenvalue weighted by atomic mass is 9.80. The Kier molecular flexibility index (Phi) is 2.11. The molecule has 2 unspecified atom stereocenters. The van der Waals surface area contributed by atoms with Gasteiger partial charge >= 0.3 is 0 Å². The monoisotopic (exact) mass is 268 g/mol. The molecule has 0 amide bonds.